The van der Waals surface area contributed by atoms with Gasteiger partial charge >= 0.3 is 6.03 Å². The molecule has 2 atom stereocenters. The van der Waals surface area contributed by atoms with E-state index in [1.165, 1.54) is 4.90 Å². The van der Waals surface area contributed by atoms with Gasteiger partial charge in [-0.1, -0.05) is 26.0 Å². The second-order valence-corrected chi connectivity index (χ2v) is 7.25. The number of carbonyl (C=O) groups is 2. The zero-order valence-corrected chi connectivity index (χ0v) is 15.1. The van der Waals surface area contributed by atoms with Gasteiger partial charge in [-0.15, -0.1) is 0 Å². The summed E-state index contributed by atoms with van der Waals surface area (Å²) in [6.45, 7) is 8.18. The molecule has 0 bridgehead atoms. The summed E-state index contributed by atoms with van der Waals surface area (Å²) in [4.78, 5) is 26.0. The van der Waals surface area contributed by atoms with Crippen LogP contribution in [0.25, 0.3) is 0 Å². The number of hydrogen-bond acceptors (Lipinski definition) is 4. The van der Waals surface area contributed by atoms with E-state index in [1.807, 2.05) is 39.0 Å². The van der Waals surface area contributed by atoms with Gasteiger partial charge in [0.05, 0.1) is 19.8 Å². The van der Waals surface area contributed by atoms with E-state index in [1.54, 1.807) is 0 Å². The van der Waals surface area contributed by atoms with Crippen LogP contribution < -0.4 is 10.1 Å². The average molecular weight is 346 g/mol. The molecule has 0 spiro atoms. The van der Waals surface area contributed by atoms with Crippen molar-refractivity contribution < 1.29 is 19.1 Å². The molecule has 2 heterocycles. The monoisotopic (exact) mass is 346 g/mol. The van der Waals surface area contributed by atoms with Crippen molar-refractivity contribution in [2.24, 2.45) is 11.8 Å². The molecular weight excluding hydrogens is 320 g/mol. The van der Waals surface area contributed by atoms with Gasteiger partial charge in [0.2, 0.25) is 0 Å². The Labute approximate surface area is 148 Å². The minimum atomic E-state index is -0.446. The summed E-state index contributed by atoms with van der Waals surface area (Å²) in [5.74, 6) is 1.03. The van der Waals surface area contributed by atoms with Crippen LogP contribution in [-0.4, -0.2) is 42.7 Å². The van der Waals surface area contributed by atoms with Crippen LogP contribution in [0.5, 0.6) is 5.75 Å². The van der Waals surface area contributed by atoms with E-state index in [0.29, 0.717) is 12.5 Å². The summed E-state index contributed by atoms with van der Waals surface area (Å²) in [5.41, 5.74) is 1.93. The predicted octanol–water partition coefficient (Wildman–Crippen LogP) is 2.49. The molecule has 0 unspecified atom stereocenters. The first-order valence-corrected chi connectivity index (χ1v) is 8.87. The molecule has 0 aliphatic carbocycles. The predicted molar refractivity (Wildman–Crippen MR) is 93.3 cm³/mol. The van der Waals surface area contributed by atoms with E-state index < -0.39 is 6.04 Å². The van der Waals surface area contributed by atoms with Crippen LogP contribution >= 0.6 is 0 Å². The average Bonchev–Trinajstić information content (AvgIpc) is 3.18. The van der Waals surface area contributed by atoms with Crippen molar-refractivity contribution >= 4 is 11.9 Å². The maximum absolute atomic E-state index is 12.5. The number of hydrogen-bond donors (Lipinski definition) is 1. The second-order valence-electron chi connectivity index (χ2n) is 7.25. The van der Waals surface area contributed by atoms with Crippen molar-refractivity contribution in [1.82, 2.24) is 10.2 Å². The number of urea groups is 1. The van der Waals surface area contributed by atoms with E-state index in [0.717, 1.165) is 36.5 Å². The van der Waals surface area contributed by atoms with Gasteiger partial charge in [0.1, 0.15) is 11.8 Å². The lowest BCUT2D eigenvalue weighted by Crippen LogP contribution is -2.34. The molecule has 3 amide bonds. The molecule has 6 nitrogen and oxygen atoms in total. The van der Waals surface area contributed by atoms with Gasteiger partial charge in [0.25, 0.3) is 5.91 Å². The van der Waals surface area contributed by atoms with E-state index in [-0.39, 0.29) is 24.4 Å². The number of ether oxygens (including phenoxy) is 2. The number of nitrogens with one attached hydrogen (secondary N) is 1. The highest BCUT2D eigenvalue weighted by Gasteiger charge is 2.39. The SMILES string of the molecule is Cc1ccc(CN2C(=O)N[C@H](C(C)C)C2=O)c(OC[C@H]2CCOC2)c1. The quantitative estimate of drug-likeness (QED) is 0.804. The van der Waals surface area contributed by atoms with Gasteiger partial charge in [-0.05, 0) is 30.9 Å². The van der Waals surface area contributed by atoms with Crippen LogP contribution in [-0.2, 0) is 16.1 Å². The fraction of sp³-hybridized carbons (Fsp3) is 0.579. The summed E-state index contributed by atoms with van der Waals surface area (Å²) in [6, 6.07) is 5.08. The van der Waals surface area contributed by atoms with Gasteiger partial charge < -0.3 is 14.8 Å². The number of benzene rings is 1. The molecule has 0 aromatic heterocycles. The third-order valence-electron chi connectivity index (χ3n) is 4.77. The van der Waals surface area contributed by atoms with E-state index in [4.69, 9.17) is 9.47 Å². The van der Waals surface area contributed by atoms with Crippen molar-refractivity contribution in [1.29, 1.82) is 0 Å². The maximum Gasteiger partial charge on any atom is 0.325 e. The molecule has 1 aromatic rings. The Kier molecular flexibility index (Phi) is 5.27. The normalized spacial score (nSPS) is 23.4. The first kappa shape index (κ1) is 17.7. The second kappa shape index (κ2) is 7.44. The summed E-state index contributed by atoms with van der Waals surface area (Å²) in [5, 5.41) is 2.76. The number of carbonyl (C=O) groups excluding carboxylic acids is 2. The van der Waals surface area contributed by atoms with Crippen molar-refractivity contribution in [3.05, 3.63) is 29.3 Å². The van der Waals surface area contributed by atoms with Gasteiger partial charge in [-0.3, -0.25) is 9.69 Å². The lowest BCUT2D eigenvalue weighted by molar-refractivity contribution is -0.128. The largest absolute Gasteiger partial charge is 0.493 e. The van der Waals surface area contributed by atoms with Gasteiger partial charge in [0.15, 0.2) is 0 Å². The summed E-state index contributed by atoms with van der Waals surface area (Å²) in [6.07, 6.45) is 1.00. The number of rotatable bonds is 6. The topological polar surface area (TPSA) is 67.9 Å². The van der Waals surface area contributed by atoms with Crippen LogP contribution in [0.15, 0.2) is 18.2 Å². The molecule has 6 heteroatoms. The number of amides is 3. The lowest BCUT2D eigenvalue weighted by Gasteiger charge is -2.18. The van der Waals surface area contributed by atoms with Gasteiger partial charge in [-0.25, -0.2) is 4.79 Å². The first-order chi connectivity index (χ1) is 12.0. The summed E-state index contributed by atoms with van der Waals surface area (Å²) in [7, 11) is 0. The third kappa shape index (κ3) is 3.95. The number of imide groups is 1. The van der Waals surface area contributed by atoms with E-state index in [2.05, 4.69) is 5.32 Å². The van der Waals surface area contributed by atoms with Crippen molar-refractivity contribution in [3.8, 4) is 5.75 Å². The first-order valence-electron chi connectivity index (χ1n) is 8.87. The van der Waals surface area contributed by atoms with Crippen LogP contribution in [0.4, 0.5) is 4.79 Å². The fourth-order valence-corrected chi connectivity index (χ4v) is 3.16. The summed E-state index contributed by atoms with van der Waals surface area (Å²) < 4.78 is 11.4. The summed E-state index contributed by atoms with van der Waals surface area (Å²) >= 11 is 0. The molecule has 1 N–H and O–H groups in total. The van der Waals surface area contributed by atoms with E-state index >= 15 is 0 Å². The highest BCUT2D eigenvalue weighted by molar-refractivity contribution is 6.04. The molecule has 2 aliphatic heterocycles. The zero-order valence-electron chi connectivity index (χ0n) is 15.1. The van der Waals surface area contributed by atoms with Gasteiger partial charge in [-0.2, -0.15) is 0 Å². The van der Waals surface area contributed by atoms with Crippen molar-refractivity contribution in [2.45, 2.75) is 39.8 Å². The molecule has 2 aliphatic rings. The Bertz CT molecular complexity index is 653. The zero-order chi connectivity index (χ0) is 18.0. The maximum atomic E-state index is 12.5. The Morgan fingerprint density at radius 3 is 2.80 bits per heavy atom. The minimum Gasteiger partial charge on any atom is -0.493 e. The molecule has 0 radical (unpaired) electrons. The molecule has 1 aromatic carbocycles. The molecule has 0 saturated carbocycles. The molecule has 3 rings (SSSR count). The van der Waals surface area contributed by atoms with Crippen molar-refractivity contribution in [2.75, 3.05) is 19.8 Å². The number of nitrogens with zero attached hydrogens (tertiary/aromatic N) is 1. The van der Waals surface area contributed by atoms with Crippen LogP contribution in [0, 0.1) is 18.8 Å². The Hall–Kier alpha value is -2.08. The molecule has 25 heavy (non-hydrogen) atoms. The van der Waals surface area contributed by atoms with E-state index in [9.17, 15) is 9.59 Å². The molecule has 2 saturated heterocycles. The van der Waals surface area contributed by atoms with Crippen molar-refractivity contribution in [3.63, 3.8) is 0 Å². The van der Waals surface area contributed by atoms with Gasteiger partial charge in [0, 0.05) is 18.1 Å². The molecule has 2 fully saturated rings. The Morgan fingerprint density at radius 1 is 1.36 bits per heavy atom. The number of aryl methyl sites for hydroxylation is 1. The standard InChI is InChI=1S/C19H26N2O4/c1-12(2)17-18(22)21(19(23)20-17)9-15-5-4-13(3)8-16(15)25-11-14-6-7-24-10-14/h4-5,8,12,14,17H,6-7,9-11H2,1-3H3,(H,20,23)/t14-,17+/m0/s1. The third-order valence-corrected chi connectivity index (χ3v) is 4.77. The van der Waals surface area contributed by atoms with Crippen LogP contribution in [0.2, 0.25) is 0 Å². The Morgan fingerprint density at radius 2 is 2.16 bits per heavy atom. The minimum absolute atomic E-state index is 0.0672. The molecule has 136 valence electrons. The Balaban J connectivity index is 1.73. The van der Waals surface area contributed by atoms with Crippen LogP contribution in [0.1, 0.15) is 31.4 Å². The van der Waals surface area contributed by atoms with Crippen LogP contribution in [0.3, 0.4) is 0 Å². The lowest BCUT2D eigenvalue weighted by atomic mass is 10.0. The highest BCUT2D eigenvalue weighted by atomic mass is 16.5. The highest BCUT2D eigenvalue weighted by Crippen LogP contribution is 2.26. The smallest absolute Gasteiger partial charge is 0.325 e. The fourth-order valence-electron chi connectivity index (χ4n) is 3.16. The molecular formula is C19H26N2O4.